The quantitative estimate of drug-likeness (QED) is 0.223. The second-order valence-electron chi connectivity index (χ2n) is 10.8. The fourth-order valence-corrected chi connectivity index (χ4v) is 4.24. The maximum absolute atomic E-state index is 13.2. The Bertz CT molecular complexity index is 1180. The third kappa shape index (κ3) is 11.4. The highest BCUT2D eigenvalue weighted by Gasteiger charge is 2.29. The maximum Gasteiger partial charge on any atom is 0.315 e. The summed E-state index contributed by atoms with van der Waals surface area (Å²) in [6.45, 7) is 6.74. The standard InChI is InChI=1S/C31H45N5O6/c1-8-26(28(37)30(39)32-18-23-14-24(41-6)16-25(15-23)42-7)34-29(38)27(13-20(2)3)35-31(40)33-17-21-9-11-22(12-10-21)19-36(4)5/h9-12,14-16,20,26-27H,8,13,17-19H2,1-7H3,(H,32,39)(H,34,38)(H2,33,35,40)/t26?,27-/m0/s1. The Hall–Kier alpha value is -4.12. The first-order valence-corrected chi connectivity index (χ1v) is 14.1. The van der Waals surface area contributed by atoms with Crippen molar-refractivity contribution in [3.05, 3.63) is 59.2 Å². The van der Waals surface area contributed by atoms with Gasteiger partial charge in [-0.25, -0.2) is 4.79 Å². The lowest BCUT2D eigenvalue weighted by Gasteiger charge is -2.23. The van der Waals surface area contributed by atoms with E-state index in [1.165, 1.54) is 14.2 Å². The molecular weight excluding hydrogens is 538 g/mol. The molecule has 4 N–H and O–H groups in total. The van der Waals surface area contributed by atoms with E-state index in [4.69, 9.17) is 9.47 Å². The van der Waals surface area contributed by atoms with E-state index < -0.39 is 35.7 Å². The Labute approximate surface area is 248 Å². The van der Waals surface area contributed by atoms with Crippen molar-refractivity contribution >= 4 is 23.6 Å². The number of methoxy groups -OCH3 is 2. The maximum atomic E-state index is 13.2. The molecule has 0 saturated heterocycles. The molecule has 0 spiro atoms. The van der Waals surface area contributed by atoms with Crippen LogP contribution in [0.5, 0.6) is 11.5 Å². The third-order valence-electron chi connectivity index (χ3n) is 6.43. The summed E-state index contributed by atoms with van der Waals surface area (Å²) >= 11 is 0. The van der Waals surface area contributed by atoms with E-state index in [0.717, 1.165) is 17.7 Å². The van der Waals surface area contributed by atoms with Crippen LogP contribution in [0.25, 0.3) is 0 Å². The van der Waals surface area contributed by atoms with Crippen molar-refractivity contribution in [2.45, 2.75) is 65.3 Å². The molecule has 2 atom stereocenters. The predicted molar refractivity (Wildman–Crippen MR) is 161 cm³/mol. The van der Waals surface area contributed by atoms with E-state index in [-0.39, 0.29) is 18.9 Å². The van der Waals surface area contributed by atoms with Gasteiger partial charge in [-0.3, -0.25) is 14.4 Å². The van der Waals surface area contributed by atoms with Crippen molar-refractivity contribution < 1.29 is 28.7 Å². The second-order valence-corrected chi connectivity index (χ2v) is 10.8. The molecule has 11 heteroatoms. The highest BCUT2D eigenvalue weighted by Crippen LogP contribution is 2.22. The molecule has 4 amide bonds. The number of carbonyl (C=O) groups excluding carboxylic acids is 4. The lowest BCUT2D eigenvalue weighted by molar-refractivity contribution is -0.140. The van der Waals surface area contributed by atoms with Gasteiger partial charge >= 0.3 is 6.03 Å². The highest BCUT2D eigenvalue weighted by atomic mass is 16.5. The van der Waals surface area contributed by atoms with Crippen molar-refractivity contribution in [1.82, 2.24) is 26.2 Å². The first kappa shape index (κ1) is 34.1. The van der Waals surface area contributed by atoms with Crippen LogP contribution in [0, 0.1) is 5.92 Å². The molecule has 1 unspecified atom stereocenters. The number of ether oxygens (including phenoxy) is 2. The normalized spacial score (nSPS) is 12.3. The molecule has 42 heavy (non-hydrogen) atoms. The molecule has 230 valence electrons. The van der Waals surface area contributed by atoms with Crippen LogP contribution < -0.4 is 30.7 Å². The van der Waals surface area contributed by atoms with Crippen molar-refractivity contribution in [3.8, 4) is 11.5 Å². The van der Waals surface area contributed by atoms with E-state index in [2.05, 4.69) is 26.2 Å². The molecule has 0 radical (unpaired) electrons. The Balaban J connectivity index is 1.96. The number of Topliss-reactive ketones (excluding diaryl/α,β-unsaturated/α-hetero) is 1. The minimum absolute atomic E-state index is 0.0680. The summed E-state index contributed by atoms with van der Waals surface area (Å²) in [5.74, 6) is -0.942. The van der Waals surface area contributed by atoms with E-state index in [0.29, 0.717) is 30.0 Å². The first-order chi connectivity index (χ1) is 19.9. The summed E-state index contributed by atoms with van der Waals surface area (Å²) < 4.78 is 10.5. The van der Waals surface area contributed by atoms with E-state index >= 15 is 0 Å². The Morgan fingerprint density at radius 1 is 0.786 bits per heavy atom. The highest BCUT2D eigenvalue weighted by molar-refractivity contribution is 6.38. The molecule has 0 heterocycles. The second kappa shape index (κ2) is 17.0. The Kier molecular flexibility index (Phi) is 13.8. The van der Waals surface area contributed by atoms with Crippen LogP contribution in [0.15, 0.2) is 42.5 Å². The number of benzene rings is 2. The van der Waals surface area contributed by atoms with Gasteiger partial charge in [0.05, 0.1) is 20.3 Å². The molecular formula is C31H45N5O6. The number of hydrogen-bond donors (Lipinski definition) is 4. The van der Waals surface area contributed by atoms with Gasteiger partial charge < -0.3 is 35.6 Å². The summed E-state index contributed by atoms with van der Waals surface area (Å²) in [6, 6.07) is 10.6. The minimum atomic E-state index is -1.04. The molecule has 2 aromatic carbocycles. The van der Waals surface area contributed by atoms with Crippen molar-refractivity contribution in [1.29, 1.82) is 0 Å². The predicted octanol–water partition coefficient (Wildman–Crippen LogP) is 2.76. The topological polar surface area (TPSA) is 138 Å². The van der Waals surface area contributed by atoms with E-state index in [1.807, 2.05) is 52.2 Å². The molecule has 2 aromatic rings. The molecule has 0 fully saturated rings. The molecule has 0 aliphatic carbocycles. The van der Waals surface area contributed by atoms with Gasteiger partial charge in [0, 0.05) is 25.7 Å². The van der Waals surface area contributed by atoms with E-state index in [1.54, 1.807) is 25.1 Å². The van der Waals surface area contributed by atoms with Gasteiger partial charge in [-0.1, -0.05) is 45.0 Å². The Morgan fingerprint density at radius 2 is 1.36 bits per heavy atom. The first-order valence-electron chi connectivity index (χ1n) is 14.1. The Morgan fingerprint density at radius 3 is 1.88 bits per heavy atom. The number of ketones is 1. The summed E-state index contributed by atoms with van der Waals surface area (Å²) in [7, 11) is 7.04. The average molecular weight is 584 g/mol. The molecule has 0 aliphatic rings. The van der Waals surface area contributed by atoms with Crippen LogP contribution in [0.3, 0.4) is 0 Å². The van der Waals surface area contributed by atoms with Gasteiger partial charge in [0.2, 0.25) is 11.7 Å². The molecule has 0 saturated carbocycles. The van der Waals surface area contributed by atoms with E-state index in [9.17, 15) is 19.2 Å². The zero-order valence-corrected chi connectivity index (χ0v) is 25.7. The van der Waals surface area contributed by atoms with Gasteiger partial charge in [0.15, 0.2) is 0 Å². The van der Waals surface area contributed by atoms with Gasteiger partial charge in [-0.2, -0.15) is 0 Å². The van der Waals surface area contributed by atoms with Crippen molar-refractivity contribution in [3.63, 3.8) is 0 Å². The minimum Gasteiger partial charge on any atom is -0.497 e. The van der Waals surface area contributed by atoms with Crippen LogP contribution >= 0.6 is 0 Å². The van der Waals surface area contributed by atoms with Crippen molar-refractivity contribution in [2.24, 2.45) is 5.92 Å². The lowest BCUT2D eigenvalue weighted by Crippen LogP contribution is -2.55. The molecule has 2 rings (SSSR count). The molecule has 0 aromatic heterocycles. The molecule has 11 nitrogen and oxygen atoms in total. The number of nitrogens with one attached hydrogen (secondary N) is 4. The van der Waals surface area contributed by atoms with Gasteiger partial charge in [0.1, 0.15) is 17.5 Å². The largest absolute Gasteiger partial charge is 0.497 e. The fourth-order valence-electron chi connectivity index (χ4n) is 4.24. The summed E-state index contributed by atoms with van der Waals surface area (Å²) in [5.41, 5.74) is 2.77. The van der Waals surface area contributed by atoms with Crippen LogP contribution in [-0.2, 0) is 34.0 Å². The zero-order chi connectivity index (χ0) is 31.2. The molecule has 0 bridgehead atoms. The number of amides is 4. The van der Waals surface area contributed by atoms with Crippen LogP contribution in [0.4, 0.5) is 4.79 Å². The van der Waals surface area contributed by atoms with Crippen LogP contribution in [0.2, 0.25) is 0 Å². The number of carbonyl (C=O) groups is 4. The number of nitrogens with zero attached hydrogens (tertiary/aromatic N) is 1. The third-order valence-corrected chi connectivity index (χ3v) is 6.43. The summed E-state index contributed by atoms with van der Waals surface area (Å²) in [4.78, 5) is 53.5. The summed E-state index contributed by atoms with van der Waals surface area (Å²) in [5, 5.41) is 10.8. The zero-order valence-electron chi connectivity index (χ0n) is 25.7. The van der Waals surface area contributed by atoms with Gasteiger partial charge in [-0.15, -0.1) is 0 Å². The number of rotatable bonds is 16. The fraction of sp³-hybridized carbons (Fsp3) is 0.484. The van der Waals surface area contributed by atoms with Gasteiger partial charge in [-0.05, 0) is 61.7 Å². The smallest absolute Gasteiger partial charge is 0.315 e. The van der Waals surface area contributed by atoms with Crippen LogP contribution in [0.1, 0.15) is 50.3 Å². The number of urea groups is 1. The number of hydrogen-bond acceptors (Lipinski definition) is 7. The van der Waals surface area contributed by atoms with Crippen LogP contribution in [-0.4, -0.2) is 68.9 Å². The van der Waals surface area contributed by atoms with Gasteiger partial charge in [0.25, 0.3) is 5.91 Å². The summed E-state index contributed by atoms with van der Waals surface area (Å²) in [6.07, 6.45) is 0.558. The monoisotopic (exact) mass is 583 g/mol. The average Bonchev–Trinajstić information content (AvgIpc) is 2.96. The lowest BCUT2D eigenvalue weighted by atomic mass is 10.0. The van der Waals surface area contributed by atoms with Crippen molar-refractivity contribution in [2.75, 3.05) is 28.3 Å². The SMILES string of the molecule is CCC(NC(=O)[C@H](CC(C)C)NC(=O)NCc1ccc(CN(C)C)cc1)C(=O)C(=O)NCc1cc(OC)cc(OC)c1. The molecule has 0 aliphatic heterocycles.